The van der Waals surface area contributed by atoms with Crippen LogP contribution in [0.3, 0.4) is 0 Å². The second-order valence-electron chi connectivity index (χ2n) is 9.39. The molecule has 1 N–H and O–H groups in total. The summed E-state index contributed by atoms with van der Waals surface area (Å²) >= 11 is 1.54. The van der Waals surface area contributed by atoms with Gasteiger partial charge in [-0.3, -0.25) is 4.79 Å². The number of amides is 1. The summed E-state index contributed by atoms with van der Waals surface area (Å²) in [5.74, 6) is 1.07. The molecule has 5 rings (SSSR count). The Morgan fingerprint density at radius 1 is 0.912 bits per heavy atom. The molecule has 0 atom stereocenters. The molecule has 2 aromatic carbocycles. The smallest absolute Gasteiger partial charge is 0.234 e. The van der Waals surface area contributed by atoms with Crippen LogP contribution in [-0.2, 0) is 4.79 Å². The molecule has 2 fully saturated rings. The second-order valence-corrected chi connectivity index (χ2v) is 10.3. The largest absolute Gasteiger partial charge is 0.325 e. The zero-order valence-corrected chi connectivity index (χ0v) is 21.3. The molecule has 3 aromatic rings. The summed E-state index contributed by atoms with van der Waals surface area (Å²) in [6.45, 7) is 0. The lowest BCUT2D eigenvalue weighted by Crippen LogP contribution is -2.15. The third-order valence-electron chi connectivity index (χ3n) is 7.13. The van der Waals surface area contributed by atoms with Gasteiger partial charge >= 0.3 is 0 Å². The Morgan fingerprint density at radius 3 is 2.29 bits per heavy atom. The molecule has 0 aliphatic heterocycles. The van der Waals surface area contributed by atoms with Crippen LogP contribution in [0.5, 0.6) is 0 Å². The molecule has 0 bridgehead atoms. The van der Waals surface area contributed by atoms with Crippen LogP contribution >= 0.6 is 24.2 Å². The van der Waals surface area contributed by atoms with E-state index in [0.717, 1.165) is 16.5 Å². The standard InChI is InChI=1S/C28H33N3OS.ClH/c32-27(30-24-17-15-22(16-18-24)21-9-3-1-4-10-21)20-33-28-29-19-26(23-11-5-2-6-12-23)31(28)25-13-7-8-14-25;/h2,5-6,11-12,15-19,21,25H,1,3-4,7-10,13-14,20H2,(H,30,32);1H. The molecule has 0 radical (unpaired) electrons. The van der Waals surface area contributed by atoms with Crippen molar-refractivity contribution in [2.45, 2.75) is 74.9 Å². The molecule has 2 aliphatic carbocycles. The lowest BCUT2D eigenvalue weighted by molar-refractivity contribution is -0.113. The van der Waals surface area contributed by atoms with Gasteiger partial charge in [-0.2, -0.15) is 0 Å². The first-order valence-electron chi connectivity index (χ1n) is 12.4. The Labute approximate surface area is 213 Å². The van der Waals surface area contributed by atoms with E-state index >= 15 is 0 Å². The highest BCUT2D eigenvalue weighted by atomic mass is 35.5. The van der Waals surface area contributed by atoms with Crippen molar-refractivity contribution in [2.75, 3.05) is 11.1 Å². The Hall–Kier alpha value is -2.24. The van der Waals surface area contributed by atoms with Crippen molar-refractivity contribution in [3.8, 4) is 11.3 Å². The van der Waals surface area contributed by atoms with Crippen molar-refractivity contribution in [3.05, 3.63) is 66.4 Å². The van der Waals surface area contributed by atoms with Crippen LogP contribution in [0.4, 0.5) is 5.69 Å². The normalized spacial score (nSPS) is 16.8. The Morgan fingerprint density at radius 2 is 1.59 bits per heavy atom. The fourth-order valence-corrected chi connectivity index (χ4v) is 6.24. The van der Waals surface area contributed by atoms with E-state index in [9.17, 15) is 4.79 Å². The van der Waals surface area contributed by atoms with Gasteiger partial charge in [-0.1, -0.05) is 86.3 Å². The van der Waals surface area contributed by atoms with Crippen molar-refractivity contribution >= 4 is 35.8 Å². The topological polar surface area (TPSA) is 46.9 Å². The van der Waals surface area contributed by atoms with Crippen molar-refractivity contribution in [1.82, 2.24) is 9.55 Å². The minimum absolute atomic E-state index is 0. The SMILES string of the molecule is Cl.O=C(CSc1ncc(-c2ccccc2)n1C1CCCC1)Nc1ccc(C2CCCCC2)cc1. The third kappa shape index (κ3) is 5.87. The van der Waals surface area contributed by atoms with Crippen LogP contribution in [0.15, 0.2) is 66.0 Å². The van der Waals surface area contributed by atoms with Crippen LogP contribution in [-0.4, -0.2) is 21.2 Å². The molecular weight excluding hydrogens is 462 g/mol. The van der Waals surface area contributed by atoms with Gasteiger partial charge in [-0.05, 0) is 54.9 Å². The number of thioether (sulfide) groups is 1. The van der Waals surface area contributed by atoms with Gasteiger partial charge in [-0.15, -0.1) is 12.4 Å². The number of nitrogens with one attached hydrogen (secondary N) is 1. The number of rotatable bonds is 7. The maximum absolute atomic E-state index is 12.7. The highest BCUT2D eigenvalue weighted by Gasteiger charge is 2.24. The van der Waals surface area contributed by atoms with Crippen LogP contribution in [0, 0.1) is 0 Å². The first-order valence-corrected chi connectivity index (χ1v) is 13.4. The minimum Gasteiger partial charge on any atom is -0.325 e. The summed E-state index contributed by atoms with van der Waals surface area (Å²) in [5.41, 5.74) is 4.63. The average molecular weight is 496 g/mol. The van der Waals surface area contributed by atoms with Crippen molar-refractivity contribution in [3.63, 3.8) is 0 Å². The van der Waals surface area contributed by atoms with Crippen molar-refractivity contribution in [2.24, 2.45) is 0 Å². The minimum atomic E-state index is 0. The number of aromatic nitrogens is 2. The number of nitrogens with zero attached hydrogens (tertiary/aromatic N) is 2. The quantitative estimate of drug-likeness (QED) is 0.339. The molecule has 1 aromatic heterocycles. The second kappa shape index (κ2) is 11.9. The van der Waals surface area contributed by atoms with Gasteiger partial charge in [0.1, 0.15) is 0 Å². The van der Waals surface area contributed by atoms with E-state index in [4.69, 9.17) is 4.98 Å². The van der Waals surface area contributed by atoms with Crippen LogP contribution in [0.25, 0.3) is 11.3 Å². The molecule has 2 saturated carbocycles. The van der Waals surface area contributed by atoms with Gasteiger partial charge in [-0.25, -0.2) is 4.98 Å². The molecular formula is C28H34ClN3OS. The number of carbonyl (C=O) groups is 1. The molecule has 2 aliphatic rings. The van der Waals surface area contributed by atoms with E-state index in [1.54, 1.807) is 11.8 Å². The number of anilines is 1. The summed E-state index contributed by atoms with van der Waals surface area (Å²) in [4.78, 5) is 17.4. The van der Waals surface area contributed by atoms with Gasteiger partial charge in [0.25, 0.3) is 0 Å². The molecule has 0 unspecified atom stereocenters. The first kappa shape index (κ1) is 24.9. The maximum Gasteiger partial charge on any atom is 0.234 e. The highest BCUT2D eigenvalue weighted by molar-refractivity contribution is 7.99. The average Bonchev–Trinajstić information content (AvgIpc) is 3.54. The third-order valence-corrected chi connectivity index (χ3v) is 8.09. The maximum atomic E-state index is 12.7. The Kier molecular flexibility index (Phi) is 8.74. The van der Waals surface area contributed by atoms with Gasteiger partial charge in [0, 0.05) is 11.7 Å². The number of carbonyl (C=O) groups excluding carboxylic acids is 1. The molecule has 6 heteroatoms. The molecule has 0 spiro atoms. The van der Waals surface area contributed by atoms with Gasteiger partial charge in [0.05, 0.1) is 17.6 Å². The monoisotopic (exact) mass is 495 g/mol. The number of halogens is 1. The van der Waals surface area contributed by atoms with E-state index in [-0.39, 0.29) is 18.3 Å². The molecule has 1 heterocycles. The van der Waals surface area contributed by atoms with Crippen molar-refractivity contribution < 1.29 is 4.79 Å². The van der Waals surface area contributed by atoms with E-state index in [0.29, 0.717) is 17.7 Å². The molecule has 34 heavy (non-hydrogen) atoms. The molecule has 1 amide bonds. The highest BCUT2D eigenvalue weighted by Crippen LogP contribution is 2.37. The lowest BCUT2D eigenvalue weighted by atomic mass is 9.84. The Balaban J connectivity index is 0.00000274. The number of imidazole rings is 1. The predicted molar refractivity (Wildman–Crippen MR) is 144 cm³/mol. The molecule has 4 nitrogen and oxygen atoms in total. The van der Waals surface area contributed by atoms with E-state index in [2.05, 4.69) is 58.4 Å². The number of benzene rings is 2. The summed E-state index contributed by atoms with van der Waals surface area (Å²) in [7, 11) is 0. The van der Waals surface area contributed by atoms with Crippen LogP contribution in [0.2, 0.25) is 0 Å². The van der Waals surface area contributed by atoms with Crippen LogP contribution in [0.1, 0.15) is 75.3 Å². The summed E-state index contributed by atoms with van der Waals surface area (Å²) in [5, 5.41) is 4.02. The van der Waals surface area contributed by atoms with E-state index in [1.807, 2.05) is 12.3 Å². The summed E-state index contributed by atoms with van der Waals surface area (Å²) < 4.78 is 2.37. The van der Waals surface area contributed by atoms with E-state index < -0.39 is 0 Å². The molecule has 0 saturated heterocycles. The number of hydrogen-bond donors (Lipinski definition) is 1. The predicted octanol–water partition coefficient (Wildman–Crippen LogP) is 7.87. The van der Waals surface area contributed by atoms with Gasteiger partial charge < -0.3 is 9.88 Å². The van der Waals surface area contributed by atoms with Crippen molar-refractivity contribution in [1.29, 1.82) is 0 Å². The van der Waals surface area contributed by atoms with Crippen LogP contribution < -0.4 is 5.32 Å². The molecule has 180 valence electrons. The van der Waals surface area contributed by atoms with Gasteiger partial charge in [0.2, 0.25) is 5.91 Å². The summed E-state index contributed by atoms with van der Waals surface area (Å²) in [6, 6.07) is 19.4. The van der Waals surface area contributed by atoms with Gasteiger partial charge in [0.15, 0.2) is 5.16 Å². The lowest BCUT2D eigenvalue weighted by Gasteiger charge is -2.22. The first-order chi connectivity index (χ1) is 16.3. The zero-order valence-electron chi connectivity index (χ0n) is 19.6. The fourth-order valence-electron chi connectivity index (χ4n) is 5.39. The zero-order chi connectivity index (χ0) is 22.5. The summed E-state index contributed by atoms with van der Waals surface area (Å²) in [6.07, 6.45) is 13.5. The Bertz CT molecular complexity index is 1060. The van der Waals surface area contributed by atoms with E-state index in [1.165, 1.54) is 68.9 Å². The fraction of sp³-hybridized carbons (Fsp3) is 0.429. The number of hydrogen-bond acceptors (Lipinski definition) is 3.